The van der Waals surface area contributed by atoms with Gasteiger partial charge in [-0.15, -0.1) is 0 Å². The number of sulfonamides is 1. The molecule has 0 aliphatic carbocycles. The van der Waals surface area contributed by atoms with Crippen molar-refractivity contribution in [3.8, 4) is 11.1 Å². The van der Waals surface area contributed by atoms with Crippen LogP contribution in [0.2, 0.25) is 0 Å². The van der Waals surface area contributed by atoms with Crippen LogP contribution in [0.3, 0.4) is 0 Å². The molecule has 0 atom stereocenters. The van der Waals surface area contributed by atoms with Crippen LogP contribution in [-0.2, 0) is 10.0 Å². The van der Waals surface area contributed by atoms with Crippen molar-refractivity contribution in [3.63, 3.8) is 0 Å². The van der Waals surface area contributed by atoms with Crippen molar-refractivity contribution in [3.05, 3.63) is 48.3 Å². The van der Waals surface area contributed by atoms with Crippen molar-refractivity contribution in [1.82, 2.24) is 4.98 Å². The van der Waals surface area contributed by atoms with Crippen molar-refractivity contribution < 1.29 is 8.42 Å². The van der Waals surface area contributed by atoms with E-state index in [9.17, 15) is 8.42 Å². The molecule has 1 aromatic heterocycles. The molecule has 0 aliphatic heterocycles. The molecule has 17 heavy (non-hydrogen) atoms. The van der Waals surface area contributed by atoms with Crippen LogP contribution in [0, 0.1) is 6.92 Å². The standard InChI is InChI=1S/C12H12N2O2S/c1-9-12(3-2-8-14-9)10-4-6-11(7-5-10)17(13,15)16/h2-8H,1H3,(H2,13,15,16). The van der Waals surface area contributed by atoms with Crippen molar-refractivity contribution in [2.24, 2.45) is 5.14 Å². The summed E-state index contributed by atoms with van der Waals surface area (Å²) < 4.78 is 22.2. The highest BCUT2D eigenvalue weighted by Crippen LogP contribution is 2.22. The van der Waals surface area contributed by atoms with Crippen molar-refractivity contribution in [2.75, 3.05) is 0 Å². The molecule has 0 saturated carbocycles. The van der Waals surface area contributed by atoms with E-state index < -0.39 is 10.0 Å². The monoisotopic (exact) mass is 248 g/mol. The Morgan fingerprint density at radius 3 is 2.29 bits per heavy atom. The van der Waals surface area contributed by atoms with E-state index in [-0.39, 0.29) is 4.90 Å². The van der Waals surface area contributed by atoms with E-state index in [2.05, 4.69) is 4.98 Å². The number of hydrogen-bond donors (Lipinski definition) is 1. The second-order valence-corrected chi connectivity index (χ2v) is 5.27. The summed E-state index contributed by atoms with van der Waals surface area (Å²) in [4.78, 5) is 4.30. The van der Waals surface area contributed by atoms with Crippen molar-refractivity contribution in [2.45, 2.75) is 11.8 Å². The zero-order valence-corrected chi connectivity index (χ0v) is 10.1. The summed E-state index contributed by atoms with van der Waals surface area (Å²) in [5, 5.41) is 5.04. The van der Waals surface area contributed by atoms with E-state index in [1.54, 1.807) is 18.3 Å². The van der Waals surface area contributed by atoms with Crippen LogP contribution in [0.15, 0.2) is 47.5 Å². The number of rotatable bonds is 2. The molecule has 1 aromatic carbocycles. The smallest absolute Gasteiger partial charge is 0.238 e. The molecule has 0 aliphatic rings. The summed E-state index contributed by atoms with van der Waals surface area (Å²) >= 11 is 0. The Bertz CT molecular complexity index is 634. The van der Waals surface area contributed by atoms with Gasteiger partial charge in [-0.05, 0) is 30.7 Å². The maximum absolute atomic E-state index is 11.1. The fourth-order valence-corrected chi connectivity index (χ4v) is 2.13. The van der Waals surface area contributed by atoms with Gasteiger partial charge in [0.15, 0.2) is 0 Å². The minimum atomic E-state index is -3.63. The van der Waals surface area contributed by atoms with Gasteiger partial charge in [-0.2, -0.15) is 0 Å². The van der Waals surface area contributed by atoms with Crippen LogP contribution >= 0.6 is 0 Å². The molecule has 2 N–H and O–H groups in total. The number of nitrogens with zero attached hydrogens (tertiary/aromatic N) is 1. The van der Waals surface area contributed by atoms with Gasteiger partial charge in [0.1, 0.15) is 0 Å². The number of benzene rings is 1. The summed E-state index contributed by atoms with van der Waals surface area (Å²) in [6, 6.07) is 10.2. The Morgan fingerprint density at radius 2 is 1.76 bits per heavy atom. The molecule has 0 unspecified atom stereocenters. The number of pyridine rings is 1. The SMILES string of the molecule is Cc1ncccc1-c1ccc(S(N)(=O)=O)cc1. The fraction of sp³-hybridized carbons (Fsp3) is 0.0833. The molecule has 0 radical (unpaired) electrons. The van der Waals surface area contributed by atoms with E-state index in [1.807, 2.05) is 19.1 Å². The number of primary sulfonamides is 1. The maximum atomic E-state index is 11.1. The maximum Gasteiger partial charge on any atom is 0.238 e. The van der Waals surface area contributed by atoms with Gasteiger partial charge in [0, 0.05) is 17.5 Å². The predicted molar refractivity (Wildman–Crippen MR) is 65.8 cm³/mol. The van der Waals surface area contributed by atoms with E-state index in [0.717, 1.165) is 16.8 Å². The molecular formula is C12H12N2O2S. The first-order valence-corrected chi connectivity index (χ1v) is 6.58. The summed E-state index contributed by atoms with van der Waals surface area (Å²) in [6.45, 7) is 1.91. The summed E-state index contributed by atoms with van der Waals surface area (Å²) in [7, 11) is -3.63. The second-order valence-electron chi connectivity index (χ2n) is 3.71. The minimum Gasteiger partial charge on any atom is -0.261 e. The largest absolute Gasteiger partial charge is 0.261 e. The van der Waals surface area contributed by atoms with E-state index in [1.165, 1.54) is 12.1 Å². The summed E-state index contributed by atoms with van der Waals surface area (Å²) in [5.74, 6) is 0. The second kappa shape index (κ2) is 4.27. The molecular weight excluding hydrogens is 236 g/mol. The van der Waals surface area contributed by atoms with Crippen LogP contribution in [0.25, 0.3) is 11.1 Å². The lowest BCUT2D eigenvalue weighted by molar-refractivity contribution is 0.598. The van der Waals surface area contributed by atoms with Gasteiger partial charge in [0.05, 0.1) is 4.90 Å². The molecule has 1 heterocycles. The molecule has 88 valence electrons. The predicted octanol–water partition coefficient (Wildman–Crippen LogP) is 1.70. The van der Waals surface area contributed by atoms with Gasteiger partial charge in [-0.1, -0.05) is 18.2 Å². The zero-order valence-electron chi connectivity index (χ0n) is 9.29. The number of hydrogen-bond acceptors (Lipinski definition) is 3. The Kier molecular flexibility index (Phi) is 2.95. The average Bonchev–Trinajstić information content (AvgIpc) is 2.29. The lowest BCUT2D eigenvalue weighted by atomic mass is 10.1. The molecule has 0 bridgehead atoms. The Hall–Kier alpha value is -1.72. The molecule has 5 heteroatoms. The lowest BCUT2D eigenvalue weighted by Gasteiger charge is -2.05. The van der Waals surface area contributed by atoms with Gasteiger partial charge < -0.3 is 0 Å². The third-order valence-electron chi connectivity index (χ3n) is 2.50. The molecule has 0 spiro atoms. The van der Waals surface area contributed by atoms with Crippen LogP contribution in [0.4, 0.5) is 0 Å². The normalized spacial score (nSPS) is 11.4. The van der Waals surface area contributed by atoms with Gasteiger partial charge in [-0.3, -0.25) is 4.98 Å². The molecule has 2 aromatic rings. The highest BCUT2D eigenvalue weighted by Gasteiger charge is 2.08. The number of aryl methyl sites for hydroxylation is 1. The highest BCUT2D eigenvalue weighted by atomic mass is 32.2. The van der Waals surface area contributed by atoms with Crippen LogP contribution < -0.4 is 5.14 Å². The third-order valence-corrected chi connectivity index (χ3v) is 3.43. The first-order valence-electron chi connectivity index (χ1n) is 5.03. The molecule has 0 fully saturated rings. The molecule has 0 saturated heterocycles. The number of aromatic nitrogens is 1. The zero-order chi connectivity index (χ0) is 12.5. The quantitative estimate of drug-likeness (QED) is 0.879. The molecule has 4 nitrogen and oxygen atoms in total. The average molecular weight is 248 g/mol. The fourth-order valence-electron chi connectivity index (χ4n) is 1.61. The van der Waals surface area contributed by atoms with E-state index >= 15 is 0 Å². The number of nitrogens with two attached hydrogens (primary N) is 1. The van der Waals surface area contributed by atoms with Gasteiger partial charge in [-0.25, -0.2) is 13.6 Å². The third kappa shape index (κ3) is 2.51. The molecule has 0 amide bonds. The van der Waals surface area contributed by atoms with Crippen LogP contribution in [0.1, 0.15) is 5.69 Å². The molecule has 2 rings (SSSR count). The lowest BCUT2D eigenvalue weighted by Crippen LogP contribution is -2.11. The minimum absolute atomic E-state index is 0.114. The van der Waals surface area contributed by atoms with E-state index in [0.29, 0.717) is 0 Å². The Balaban J connectivity index is 2.47. The van der Waals surface area contributed by atoms with Crippen LogP contribution in [-0.4, -0.2) is 13.4 Å². The van der Waals surface area contributed by atoms with Crippen LogP contribution in [0.5, 0.6) is 0 Å². The van der Waals surface area contributed by atoms with Gasteiger partial charge in [0.2, 0.25) is 10.0 Å². The Labute approximate surface area is 100 Å². The first kappa shape index (κ1) is 11.8. The van der Waals surface area contributed by atoms with E-state index in [4.69, 9.17) is 5.14 Å². The van der Waals surface area contributed by atoms with Crippen molar-refractivity contribution in [1.29, 1.82) is 0 Å². The summed E-state index contributed by atoms with van der Waals surface area (Å²) in [6.07, 6.45) is 1.72. The highest BCUT2D eigenvalue weighted by molar-refractivity contribution is 7.89. The Morgan fingerprint density at radius 1 is 1.12 bits per heavy atom. The summed E-state index contributed by atoms with van der Waals surface area (Å²) in [5.41, 5.74) is 2.80. The van der Waals surface area contributed by atoms with Crippen molar-refractivity contribution >= 4 is 10.0 Å². The topological polar surface area (TPSA) is 73.0 Å². The van der Waals surface area contributed by atoms with Gasteiger partial charge in [0.25, 0.3) is 0 Å². The van der Waals surface area contributed by atoms with Gasteiger partial charge >= 0.3 is 0 Å². The first-order chi connectivity index (χ1) is 7.98.